The molecular weight excluding hydrogens is 188 g/mol. The fraction of sp³-hybridized carbons (Fsp3) is 0.667. The second kappa shape index (κ2) is 4.21. The second-order valence-corrected chi connectivity index (χ2v) is 3.36. The highest BCUT2D eigenvalue weighted by Gasteiger charge is 2.39. The van der Waals surface area contributed by atoms with Crippen molar-refractivity contribution in [3.63, 3.8) is 0 Å². The van der Waals surface area contributed by atoms with Gasteiger partial charge in [-0.25, -0.2) is 0 Å². The first-order chi connectivity index (χ1) is 6.56. The molecule has 0 spiro atoms. The number of aliphatic carboxylic acids is 1. The Bertz CT molecular complexity index is 270. The minimum atomic E-state index is -1.03. The molecule has 1 rings (SSSR count). The Morgan fingerprint density at radius 3 is 2.57 bits per heavy atom. The van der Waals surface area contributed by atoms with Crippen molar-refractivity contribution in [1.29, 1.82) is 0 Å². The zero-order chi connectivity index (χ0) is 10.7. The van der Waals surface area contributed by atoms with Crippen LogP contribution in [0.1, 0.15) is 19.3 Å². The van der Waals surface area contributed by atoms with E-state index >= 15 is 0 Å². The van der Waals surface area contributed by atoms with Crippen LogP contribution in [0, 0.1) is 11.8 Å². The Morgan fingerprint density at radius 2 is 2.07 bits per heavy atom. The lowest BCUT2D eigenvalue weighted by Gasteiger charge is -2.25. The molecule has 0 aromatic carbocycles. The number of ketones is 1. The van der Waals surface area contributed by atoms with Crippen molar-refractivity contribution in [2.75, 3.05) is 7.11 Å². The quantitative estimate of drug-likeness (QED) is 0.645. The van der Waals surface area contributed by atoms with Crippen LogP contribution in [-0.4, -0.2) is 29.9 Å². The number of methoxy groups -OCH3 is 1. The summed E-state index contributed by atoms with van der Waals surface area (Å²) in [5.74, 6) is -3.30. The highest BCUT2D eigenvalue weighted by molar-refractivity contribution is 5.90. The third-order valence-electron chi connectivity index (χ3n) is 2.49. The summed E-state index contributed by atoms with van der Waals surface area (Å²) in [6.07, 6.45) is 0.460. The van der Waals surface area contributed by atoms with Gasteiger partial charge in [0.1, 0.15) is 5.78 Å². The number of Topliss-reactive ketones (excluding diaryl/α,β-unsaturated/α-hetero) is 1. The Labute approximate surface area is 81.0 Å². The van der Waals surface area contributed by atoms with E-state index in [1.54, 1.807) is 0 Å². The summed E-state index contributed by atoms with van der Waals surface area (Å²) in [7, 11) is 1.19. The predicted octanol–water partition coefficient (Wildman–Crippen LogP) is 0.229. The van der Waals surface area contributed by atoms with Crippen LogP contribution in [-0.2, 0) is 19.1 Å². The lowest BCUT2D eigenvalue weighted by atomic mass is 9.78. The Kier molecular flexibility index (Phi) is 3.22. The van der Waals surface area contributed by atoms with Crippen molar-refractivity contribution in [1.82, 2.24) is 0 Å². The van der Waals surface area contributed by atoms with Crippen LogP contribution < -0.4 is 0 Å². The summed E-state index contributed by atoms with van der Waals surface area (Å²) in [6.45, 7) is 0. The van der Waals surface area contributed by atoms with Crippen LogP contribution in [0.4, 0.5) is 0 Å². The second-order valence-electron chi connectivity index (χ2n) is 3.36. The first-order valence-electron chi connectivity index (χ1n) is 4.38. The van der Waals surface area contributed by atoms with Crippen LogP contribution in [0.25, 0.3) is 0 Å². The summed E-state index contributed by atoms with van der Waals surface area (Å²) >= 11 is 0. The van der Waals surface area contributed by atoms with Crippen molar-refractivity contribution in [2.45, 2.75) is 19.3 Å². The molecule has 5 heteroatoms. The minimum Gasteiger partial charge on any atom is -0.481 e. The van der Waals surface area contributed by atoms with E-state index in [2.05, 4.69) is 4.74 Å². The van der Waals surface area contributed by atoms with Gasteiger partial charge in [0.25, 0.3) is 0 Å². The van der Waals surface area contributed by atoms with E-state index in [1.165, 1.54) is 7.11 Å². The standard InChI is InChI=1S/C9H12O5/c1-14-9(13)7-4-5(10)2-3-6(7)8(11)12/h6-7H,2-4H2,1H3,(H,11,12)/t6-,7-/m0/s1. The third-order valence-corrected chi connectivity index (χ3v) is 2.49. The lowest BCUT2D eigenvalue weighted by Crippen LogP contribution is -2.36. The fourth-order valence-electron chi connectivity index (χ4n) is 1.70. The van der Waals surface area contributed by atoms with Gasteiger partial charge in [-0.3, -0.25) is 14.4 Å². The Balaban J connectivity index is 2.78. The third kappa shape index (κ3) is 2.10. The highest BCUT2D eigenvalue weighted by Crippen LogP contribution is 2.29. The summed E-state index contributed by atoms with van der Waals surface area (Å²) in [5.41, 5.74) is 0. The molecule has 2 atom stereocenters. The van der Waals surface area contributed by atoms with Crippen LogP contribution in [0.15, 0.2) is 0 Å². The average molecular weight is 200 g/mol. The molecule has 14 heavy (non-hydrogen) atoms. The fourth-order valence-corrected chi connectivity index (χ4v) is 1.70. The zero-order valence-corrected chi connectivity index (χ0v) is 7.86. The van der Waals surface area contributed by atoms with Crippen LogP contribution in [0.5, 0.6) is 0 Å². The zero-order valence-electron chi connectivity index (χ0n) is 7.86. The maximum absolute atomic E-state index is 11.2. The van der Waals surface area contributed by atoms with Crippen molar-refractivity contribution in [2.24, 2.45) is 11.8 Å². The van der Waals surface area contributed by atoms with Gasteiger partial charge in [-0.2, -0.15) is 0 Å². The molecule has 1 N–H and O–H groups in total. The largest absolute Gasteiger partial charge is 0.481 e. The van der Waals surface area contributed by atoms with Crippen molar-refractivity contribution in [3.8, 4) is 0 Å². The molecular formula is C9H12O5. The van der Waals surface area contributed by atoms with E-state index in [9.17, 15) is 14.4 Å². The van der Waals surface area contributed by atoms with Crippen molar-refractivity contribution >= 4 is 17.7 Å². The van der Waals surface area contributed by atoms with Gasteiger partial charge in [0.2, 0.25) is 0 Å². The lowest BCUT2D eigenvalue weighted by molar-refractivity contribution is -0.159. The average Bonchev–Trinajstić information content (AvgIpc) is 2.16. The van der Waals surface area contributed by atoms with E-state index < -0.39 is 23.8 Å². The first kappa shape index (κ1) is 10.7. The normalized spacial score (nSPS) is 27.1. The number of esters is 1. The number of hydrogen-bond donors (Lipinski definition) is 1. The molecule has 1 saturated carbocycles. The molecule has 0 heterocycles. The number of hydrogen-bond acceptors (Lipinski definition) is 4. The summed E-state index contributed by atoms with van der Waals surface area (Å²) < 4.78 is 4.46. The molecule has 5 nitrogen and oxygen atoms in total. The minimum absolute atomic E-state index is 0.0103. The molecule has 0 aromatic rings. The maximum Gasteiger partial charge on any atom is 0.309 e. The van der Waals surface area contributed by atoms with Crippen LogP contribution >= 0.6 is 0 Å². The van der Waals surface area contributed by atoms with E-state index in [4.69, 9.17) is 5.11 Å². The van der Waals surface area contributed by atoms with Gasteiger partial charge in [-0.1, -0.05) is 0 Å². The summed E-state index contributed by atoms with van der Waals surface area (Å²) in [6, 6.07) is 0. The van der Waals surface area contributed by atoms with Gasteiger partial charge in [0, 0.05) is 12.8 Å². The van der Waals surface area contributed by atoms with E-state index in [0.717, 1.165) is 0 Å². The molecule has 1 aliphatic rings. The SMILES string of the molecule is COC(=O)[C@H]1CC(=O)CC[C@@H]1C(=O)O. The molecule has 0 amide bonds. The number of carbonyl (C=O) groups excluding carboxylic acids is 2. The van der Waals surface area contributed by atoms with Crippen LogP contribution in [0.2, 0.25) is 0 Å². The molecule has 0 aromatic heterocycles. The molecule has 0 unspecified atom stereocenters. The highest BCUT2D eigenvalue weighted by atomic mass is 16.5. The Morgan fingerprint density at radius 1 is 1.43 bits per heavy atom. The maximum atomic E-state index is 11.2. The summed E-state index contributed by atoms with van der Waals surface area (Å²) in [4.78, 5) is 33.0. The number of carboxylic acids is 1. The van der Waals surface area contributed by atoms with Gasteiger partial charge in [0.15, 0.2) is 0 Å². The molecule has 1 aliphatic carbocycles. The van der Waals surface area contributed by atoms with Gasteiger partial charge < -0.3 is 9.84 Å². The molecule has 0 saturated heterocycles. The van der Waals surface area contributed by atoms with Crippen LogP contribution in [0.3, 0.4) is 0 Å². The topological polar surface area (TPSA) is 80.7 Å². The molecule has 0 radical (unpaired) electrons. The first-order valence-corrected chi connectivity index (χ1v) is 4.38. The molecule has 0 aliphatic heterocycles. The van der Waals surface area contributed by atoms with E-state index in [-0.39, 0.29) is 25.0 Å². The van der Waals surface area contributed by atoms with Crippen molar-refractivity contribution in [3.05, 3.63) is 0 Å². The predicted molar refractivity (Wildman–Crippen MR) is 45.5 cm³/mol. The Hall–Kier alpha value is -1.39. The van der Waals surface area contributed by atoms with Crippen molar-refractivity contribution < 1.29 is 24.2 Å². The smallest absolute Gasteiger partial charge is 0.309 e. The molecule has 78 valence electrons. The number of ether oxygens (including phenoxy) is 1. The van der Waals surface area contributed by atoms with E-state index in [0.29, 0.717) is 0 Å². The van der Waals surface area contributed by atoms with Gasteiger partial charge in [0.05, 0.1) is 18.9 Å². The number of carbonyl (C=O) groups is 3. The molecule has 0 bridgehead atoms. The molecule has 1 fully saturated rings. The monoisotopic (exact) mass is 200 g/mol. The van der Waals surface area contributed by atoms with E-state index in [1.807, 2.05) is 0 Å². The van der Waals surface area contributed by atoms with Gasteiger partial charge >= 0.3 is 11.9 Å². The number of rotatable bonds is 2. The van der Waals surface area contributed by atoms with Gasteiger partial charge in [-0.15, -0.1) is 0 Å². The van der Waals surface area contributed by atoms with Gasteiger partial charge in [-0.05, 0) is 6.42 Å². The number of carboxylic acid groups (broad SMARTS) is 1. The summed E-state index contributed by atoms with van der Waals surface area (Å²) in [5, 5.41) is 8.82.